The van der Waals surface area contributed by atoms with E-state index in [0.29, 0.717) is 5.75 Å². The van der Waals surface area contributed by atoms with E-state index in [1.165, 1.54) is 11.8 Å². The minimum atomic E-state index is -1.02. The van der Waals surface area contributed by atoms with E-state index < -0.39 is 5.97 Å². The Kier molecular flexibility index (Phi) is 4.98. The third-order valence-electron chi connectivity index (χ3n) is 3.02. The quantitative estimate of drug-likeness (QED) is 0.641. The molecule has 0 bridgehead atoms. The lowest BCUT2D eigenvalue weighted by atomic mass is 9.72. The minimum Gasteiger partial charge on any atom is -0.478 e. The second-order valence-electron chi connectivity index (χ2n) is 6.90. The van der Waals surface area contributed by atoms with E-state index in [1.54, 1.807) is 0 Å². The Labute approximate surface area is 121 Å². The molecule has 0 atom stereocenters. The molecule has 1 aromatic rings. The number of hydrogen-bond donors (Lipinski definition) is 1. The van der Waals surface area contributed by atoms with Crippen molar-refractivity contribution in [3.8, 4) is 5.75 Å². The van der Waals surface area contributed by atoms with Gasteiger partial charge in [0.2, 0.25) is 0 Å². The molecule has 0 aromatic heterocycles. The largest absolute Gasteiger partial charge is 0.478 e. The van der Waals surface area contributed by atoms with Crippen molar-refractivity contribution in [3.05, 3.63) is 42.2 Å². The summed E-state index contributed by atoms with van der Waals surface area (Å²) >= 11 is 0. The zero-order valence-electron chi connectivity index (χ0n) is 12.9. The van der Waals surface area contributed by atoms with Crippen LogP contribution in [0, 0.1) is 5.41 Å². The zero-order valence-corrected chi connectivity index (χ0v) is 12.9. The molecule has 1 rings (SSSR count). The van der Waals surface area contributed by atoms with Gasteiger partial charge in [0.1, 0.15) is 5.75 Å². The molecule has 0 fully saturated rings. The van der Waals surface area contributed by atoms with Crippen molar-refractivity contribution in [2.75, 3.05) is 0 Å². The number of carboxylic acid groups (broad SMARTS) is 1. The van der Waals surface area contributed by atoms with Gasteiger partial charge in [0.15, 0.2) is 0 Å². The molecule has 0 saturated carbocycles. The molecule has 0 unspecified atom stereocenters. The summed E-state index contributed by atoms with van der Waals surface area (Å²) in [5.74, 6) is -0.384. The number of aliphatic carboxylic acids is 1. The lowest BCUT2D eigenvalue weighted by Gasteiger charge is -2.33. The van der Waals surface area contributed by atoms with Crippen molar-refractivity contribution >= 4 is 5.97 Å². The monoisotopic (exact) mass is 276 g/mol. The smallest absolute Gasteiger partial charge is 0.331 e. The molecule has 0 spiro atoms. The average molecular weight is 276 g/mol. The first-order chi connectivity index (χ1) is 9.10. The van der Waals surface area contributed by atoms with Crippen LogP contribution < -0.4 is 4.74 Å². The van der Waals surface area contributed by atoms with Gasteiger partial charge in [-0.1, -0.05) is 46.8 Å². The van der Waals surface area contributed by atoms with Crippen molar-refractivity contribution in [2.45, 2.75) is 46.5 Å². The van der Waals surface area contributed by atoms with Gasteiger partial charge in [-0.05, 0) is 34.9 Å². The van der Waals surface area contributed by atoms with Crippen LogP contribution >= 0.6 is 0 Å². The molecule has 0 aliphatic rings. The third-order valence-corrected chi connectivity index (χ3v) is 3.02. The normalized spacial score (nSPS) is 12.7. The molecule has 0 radical (unpaired) electrons. The van der Waals surface area contributed by atoms with Gasteiger partial charge in [0, 0.05) is 0 Å². The summed E-state index contributed by atoms with van der Waals surface area (Å²) in [6.07, 6.45) is 3.23. The Bertz CT molecular complexity index is 476. The van der Waals surface area contributed by atoms with Crippen LogP contribution in [-0.2, 0) is 10.2 Å². The van der Waals surface area contributed by atoms with Crippen molar-refractivity contribution in [1.29, 1.82) is 0 Å². The van der Waals surface area contributed by atoms with Gasteiger partial charge >= 0.3 is 5.97 Å². The summed E-state index contributed by atoms with van der Waals surface area (Å²) < 4.78 is 5.22. The topological polar surface area (TPSA) is 46.5 Å². The van der Waals surface area contributed by atoms with Crippen LogP contribution in [0.15, 0.2) is 36.6 Å². The second-order valence-corrected chi connectivity index (χ2v) is 6.90. The van der Waals surface area contributed by atoms with Gasteiger partial charge in [-0.2, -0.15) is 0 Å². The first-order valence-electron chi connectivity index (χ1n) is 6.77. The SMILES string of the molecule is CC(C)(C)CC(C)(C)c1ccc(O/C=C/C(=O)O)cc1. The lowest BCUT2D eigenvalue weighted by molar-refractivity contribution is -0.131. The highest BCUT2D eigenvalue weighted by Crippen LogP contribution is 2.36. The van der Waals surface area contributed by atoms with E-state index >= 15 is 0 Å². The average Bonchev–Trinajstić information content (AvgIpc) is 2.26. The molecular weight excluding hydrogens is 252 g/mol. The van der Waals surface area contributed by atoms with Gasteiger partial charge < -0.3 is 9.84 Å². The third kappa shape index (κ3) is 5.47. The van der Waals surface area contributed by atoms with E-state index in [1.807, 2.05) is 24.3 Å². The zero-order chi connectivity index (χ0) is 15.4. The molecule has 3 nitrogen and oxygen atoms in total. The fourth-order valence-electron chi connectivity index (χ4n) is 2.58. The maximum atomic E-state index is 10.3. The van der Waals surface area contributed by atoms with Crippen molar-refractivity contribution in [2.24, 2.45) is 5.41 Å². The number of ether oxygens (including phenoxy) is 1. The first-order valence-corrected chi connectivity index (χ1v) is 6.77. The molecule has 0 heterocycles. The Morgan fingerprint density at radius 3 is 2.15 bits per heavy atom. The van der Waals surface area contributed by atoms with Crippen LogP contribution in [0.1, 0.15) is 46.6 Å². The van der Waals surface area contributed by atoms with E-state index in [4.69, 9.17) is 9.84 Å². The van der Waals surface area contributed by atoms with Crippen LogP contribution in [-0.4, -0.2) is 11.1 Å². The molecule has 0 saturated heterocycles. The summed E-state index contributed by atoms with van der Waals surface area (Å²) in [6.45, 7) is 11.2. The summed E-state index contributed by atoms with van der Waals surface area (Å²) in [7, 11) is 0. The van der Waals surface area contributed by atoms with Crippen molar-refractivity contribution in [1.82, 2.24) is 0 Å². The minimum absolute atomic E-state index is 0.0910. The fraction of sp³-hybridized carbons (Fsp3) is 0.471. The Morgan fingerprint density at radius 1 is 1.15 bits per heavy atom. The van der Waals surface area contributed by atoms with Gasteiger partial charge in [-0.25, -0.2) is 4.79 Å². The van der Waals surface area contributed by atoms with Crippen LogP contribution in [0.3, 0.4) is 0 Å². The van der Waals surface area contributed by atoms with Crippen LogP contribution in [0.2, 0.25) is 0 Å². The molecule has 110 valence electrons. The van der Waals surface area contributed by atoms with Gasteiger partial charge in [-0.15, -0.1) is 0 Å². The molecule has 20 heavy (non-hydrogen) atoms. The predicted octanol–water partition coefficient (Wildman–Crippen LogP) is 4.38. The van der Waals surface area contributed by atoms with Gasteiger partial charge in [-0.3, -0.25) is 0 Å². The van der Waals surface area contributed by atoms with Crippen LogP contribution in [0.25, 0.3) is 0 Å². The highest BCUT2D eigenvalue weighted by Gasteiger charge is 2.27. The number of carbonyl (C=O) groups is 1. The number of carboxylic acids is 1. The summed E-state index contributed by atoms with van der Waals surface area (Å²) in [4.78, 5) is 10.3. The maximum Gasteiger partial charge on any atom is 0.331 e. The Hall–Kier alpha value is -1.77. The number of benzene rings is 1. The lowest BCUT2D eigenvalue weighted by Crippen LogP contribution is -2.24. The van der Waals surface area contributed by atoms with Crippen molar-refractivity contribution in [3.63, 3.8) is 0 Å². The van der Waals surface area contributed by atoms with E-state index in [9.17, 15) is 4.79 Å². The molecule has 0 aliphatic carbocycles. The van der Waals surface area contributed by atoms with Crippen LogP contribution in [0.4, 0.5) is 0 Å². The second kappa shape index (κ2) is 6.12. The molecule has 3 heteroatoms. The molecule has 1 N–H and O–H groups in total. The molecule has 1 aromatic carbocycles. The van der Waals surface area contributed by atoms with Crippen LogP contribution in [0.5, 0.6) is 5.75 Å². The van der Waals surface area contributed by atoms with Gasteiger partial charge in [0.25, 0.3) is 0 Å². The number of rotatable bonds is 5. The van der Waals surface area contributed by atoms with Crippen molar-refractivity contribution < 1.29 is 14.6 Å². The molecular formula is C17H24O3. The summed E-state index contributed by atoms with van der Waals surface area (Å²) in [6, 6.07) is 7.81. The molecule has 0 aliphatic heterocycles. The fourth-order valence-corrected chi connectivity index (χ4v) is 2.58. The first kappa shape index (κ1) is 16.3. The highest BCUT2D eigenvalue weighted by atomic mass is 16.5. The van der Waals surface area contributed by atoms with Gasteiger partial charge in [0.05, 0.1) is 12.3 Å². The standard InChI is InChI=1S/C17H24O3/c1-16(2,3)12-17(4,5)13-6-8-14(9-7-13)20-11-10-15(18)19/h6-11H,12H2,1-5H3,(H,18,19)/b11-10+. The van der Waals surface area contributed by atoms with E-state index in [2.05, 4.69) is 34.6 Å². The Morgan fingerprint density at radius 2 is 1.70 bits per heavy atom. The summed E-state index contributed by atoms with van der Waals surface area (Å²) in [5, 5.41) is 8.48. The van der Waals surface area contributed by atoms with E-state index in [0.717, 1.165) is 12.5 Å². The summed E-state index contributed by atoms with van der Waals surface area (Å²) in [5.41, 5.74) is 1.61. The highest BCUT2D eigenvalue weighted by molar-refractivity contribution is 5.79. The van der Waals surface area contributed by atoms with E-state index in [-0.39, 0.29) is 10.8 Å². The predicted molar refractivity (Wildman–Crippen MR) is 80.9 cm³/mol. The maximum absolute atomic E-state index is 10.3. The Balaban J connectivity index is 2.78. The number of hydrogen-bond acceptors (Lipinski definition) is 2. The molecule has 0 amide bonds.